The topological polar surface area (TPSA) is 61.9 Å². The molecule has 3 aliphatic heterocycles. The third-order valence-electron chi connectivity index (χ3n) is 4.43. The SMILES string of the molecule is C1COCCN2CCOCCOCCN(CCO1)CCOCCOCC2.[Eu+2]. The van der Waals surface area contributed by atoms with Gasteiger partial charge in [0.25, 0.3) is 0 Å². The van der Waals surface area contributed by atoms with Crippen molar-refractivity contribution in [2.45, 2.75) is 0 Å². The molecule has 0 aliphatic carbocycles. The van der Waals surface area contributed by atoms with E-state index >= 15 is 0 Å². The van der Waals surface area contributed by atoms with E-state index < -0.39 is 0 Å². The second kappa shape index (κ2) is 19.2. The first kappa shape index (κ1) is 26.3. The van der Waals surface area contributed by atoms with Gasteiger partial charge in [-0.05, 0) is 0 Å². The van der Waals surface area contributed by atoms with Crippen LogP contribution in [-0.4, -0.2) is 128 Å². The standard InChI is InChI=1S/C18H36N2O6.Eu/c1-7-21-13-14-24-10-4-20-5-11-25-17-15-22-8-2-19(1)3-9-23-16-18-26-12-6-20;/h1-18H2;/q;+2. The van der Waals surface area contributed by atoms with Crippen LogP contribution in [0, 0.1) is 49.4 Å². The number of ether oxygens (including phenoxy) is 6. The van der Waals surface area contributed by atoms with Gasteiger partial charge in [0.15, 0.2) is 0 Å². The van der Waals surface area contributed by atoms with E-state index in [1.54, 1.807) is 0 Å². The molecular formula is C18H36EuN2O6+2. The van der Waals surface area contributed by atoms with Crippen molar-refractivity contribution in [1.82, 2.24) is 9.80 Å². The van der Waals surface area contributed by atoms with E-state index in [4.69, 9.17) is 28.4 Å². The Morgan fingerprint density at radius 3 is 0.667 bits per heavy atom. The average molecular weight is 528 g/mol. The van der Waals surface area contributed by atoms with Crippen molar-refractivity contribution in [1.29, 1.82) is 0 Å². The third kappa shape index (κ3) is 14.8. The smallest absolute Gasteiger partial charge is 0.378 e. The molecule has 0 N–H and O–H groups in total. The fourth-order valence-corrected chi connectivity index (χ4v) is 2.80. The van der Waals surface area contributed by atoms with Crippen molar-refractivity contribution in [3.8, 4) is 0 Å². The summed E-state index contributed by atoms with van der Waals surface area (Å²) in [5.74, 6) is 0. The number of hydrogen-bond acceptors (Lipinski definition) is 8. The Kier molecular flexibility index (Phi) is 18.7. The monoisotopic (exact) mass is 529 g/mol. The molecule has 0 saturated carbocycles. The maximum absolute atomic E-state index is 5.70. The molecule has 0 spiro atoms. The van der Waals surface area contributed by atoms with Gasteiger partial charge in [-0.25, -0.2) is 0 Å². The Hall–Kier alpha value is 1.26. The van der Waals surface area contributed by atoms with Gasteiger partial charge in [0.1, 0.15) is 0 Å². The van der Waals surface area contributed by atoms with Gasteiger partial charge in [0, 0.05) is 39.3 Å². The normalized spacial score (nSPS) is 29.3. The molecule has 3 rings (SSSR count). The molecule has 0 atom stereocenters. The molecule has 0 amide bonds. The Balaban J connectivity index is 0.00000364. The van der Waals surface area contributed by atoms with Crippen LogP contribution in [0.1, 0.15) is 0 Å². The number of fused-ring (bicyclic) bond motifs is 21. The molecule has 2 bridgehead atoms. The first-order chi connectivity index (χ1) is 12.9. The Morgan fingerprint density at radius 2 is 0.481 bits per heavy atom. The predicted molar refractivity (Wildman–Crippen MR) is 97.8 cm³/mol. The fourth-order valence-electron chi connectivity index (χ4n) is 2.80. The number of rotatable bonds is 0. The minimum Gasteiger partial charge on any atom is -0.378 e. The van der Waals surface area contributed by atoms with Crippen molar-refractivity contribution < 1.29 is 77.8 Å². The number of nitrogens with zero attached hydrogens (tertiary/aromatic N) is 2. The van der Waals surface area contributed by atoms with Crippen LogP contribution >= 0.6 is 0 Å². The van der Waals surface area contributed by atoms with Crippen LogP contribution < -0.4 is 0 Å². The molecule has 3 heterocycles. The predicted octanol–water partition coefficient (Wildman–Crippen LogP) is -0.283. The van der Waals surface area contributed by atoms with Gasteiger partial charge < -0.3 is 28.4 Å². The summed E-state index contributed by atoms with van der Waals surface area (Å²) in [6.07, 6.45) is 0. The average Bonchev–Trinajstić information content (AvgIpc) is 2.65. The van der Waals surface area contributed by atoms with E-state index in [1.165, 1.54) is 0 Å². The van der Waals surface area contributed by atoms with Crippen molar-refractivity contribution >= 4 is 0 Å². The van der Waals surface area contributed by atoms with Crippen LogP contribution in [0.25, 0.3) is 0 Å². The molecule has 1 radical (unpaired) electrons. The van der Waals surface area contributed by atoms with Gasteiger partial charge in [-0.15, -0.1) is 0 Å². The van der Waals surface area contributed by atoms with E-state index in [2.05, 4.69) is 9.80 Å². The van der Waals surface area contributed by atoms with Gasteiger partial charge in [-0.1, -0.05) is 0 Å². The summed E-state index contributed by atoms with van der Waals surface area (Å²) in [6, 6.07) is 0. The second-order valence-corrected chi connectivity index (χ2v) is 6.36. The van der Waals surface area contributed by atoms with Gasteiger partial charge in [-0.2, -0.15) is 0 Å². The molecule has 8 nitrogen and oxygen atoms in total. The van der Waals surface area contributed by atoms with E-state index in [-0.39, 0.29) is 49.4 Å². The van der Waals surface area contributed by atoms with Crippen LogP contribution in [0.15, 0.2) is 0 Å². The molecule has 0 aromatic carbocycles. The molecule has 0 aromatic heterocycles. The van der Waals surface area contributed by atoms with E-state index in [9.17, 15) is 0 Å². The largest absolute Gasteiger partial charge is 2.00 e. The van der Waals surface area contributed by atoms with Crippen molar-refractivity contribution in [3.05, 3.63) is 0 Å². The molecule has 27 heavy (non-hydrogen) atoms. The quantitative estimate of drug-likeness (QED) is 0.426. The minimum absolute atomic E-state index is 0. The van der Waals surface area contributed by atoms with Crippen LogP contribution in [0.5, 0.6) is 0 Å². The van der Waals surface area contributed by atoms with Gasteiger partial charge >= 0.3 is 49.4 Å². The van der Waals surface area contributed by atoms with E-state index in [0.717, 1.165) is 39.3 Å². The summed E-state index contributed by atoms with van der Waals surface area (Å²) in [5, 5.41) is 0. The van der Waals surface area contributed by atoms with E-state index in [0.29, 0.717) is 79.3 Å². The first-order valence-corrected chi connectivity index (χ1v) is 9.86. The molecule has 159 valence electrons. The summed E-state index contributed by atoms with van der Waals surface area (Å²) < 4.78 is 34.2. The molecule has 0 aromatic rings. The maximum Gasteiger partial charge on any atom is 2.00 e. The number of hydrogen-bond donors (Lipinski definition) is 0. The maximum atomic E-state index is 5.70. The first-order valence-electron chi connectivity index (χ1n) is 9.86. The molecule has 0 unspecified atom stereocenters. The van der Waals surface area contributed by atoms with Gasteiger partial charge in [-0.3, -0.25) is 9.80 Å². The van der Waals surface area contributed by atoms with Gasteiger partial charge in [0.2, 0.25) is 0 Å². The molecule has 3 aliphatic rings. The molecule has 9 heteroatoms. The molecule has 3 fully saturated rings. The molecule has 3 saturated heterocycles. The Labute approximate surface area is 204 Å². The van der Waals surface area contributed by atoms with Crippen LogP contribution in [0.2, 0.25) is 0 Å². The zero-order chi connectivity index (χ0) is 18.1. The second-order valence-electron chi connectivity index (χ2n) is 6.36. The minimum atomic E-state index is 0. The Bertz CT molecular complexity index is 253. The van der Waals surface area contributed by atoms with Crippen molar-refractivity contribution in [2.75, 3.05) is 119 Å². The fraction of sp³-hybridized carbons (Fsp3) is 1.00. The summed E-state index contributed by atoms with van der Waals surface area (Å²) >= 11 is 0. The third-order valence-corrected chi connectivity index (χ3v) is 4.43. The summed E-state index contributed by atoms with van der Waals surface area (Å²) in [4.78, 5) is 4.62. The van der Waals surface area contributed by atoms with Crippen LogP contribution in [0.4, 0.5) is 0 Å². The van der Waals surface area contributed by atoms with Crippen molar-refractivity contribution in [2.24, 2.45) is 0 Å². The summed E-state index contributed by atoms with van der Waals surface area (Å²) in [7, 11) is 0. The summed E-state index contributed by atoms with van der Waals surface area (Å²) in [6.45, 7) is 13.2. The van der Waals surface area contributed by atoms with Crippen molar-refractivity contribution in [3.63, 3.8) is 0 Å². The van der Waals surface area contributed by atoms with Crippen LogP contribution in [0.3, 0.4) is 0 Å². The zero-order valence-corrected chi connectivity index (χ0v) is 18.9. The zero-order valence-electron chi connectivity index (χ0n) is 16.4. The van der Waals surface area contributed by atoms with Crippen LogP contribution in [-0.2, 0) is 28.4 Å². The van der Waals surface area contributed by atoms with E-state index in [1.807, 2.05) is 0 Å². The summed E-state index contributed by atoms with van der Waals surface area (Å²) in [5.41, 5.74) is 0. The Morgan fingerprint density at radius 1 is 0.296 bits per heavy atom. The van der Waals surface area contributed by atoms with Gasteiger partial charge in [0.05, 0.1) is 79.3 Å². The molecular weight excluding hydrogens is 492 g/mol.